The fourth-order valence-electron chi connectivity index (χ4n) is 3.49. The van der Waals surface area contributed by atoms with Crippen LogP contribution >= 0.6 is 0 Å². The van der Waals surface area contributed by atoms with Crippen molar-refractivity contribution in [3.63, 3.8) is 0 Å². The number of rotatable bonds is 8. The number of sulfone groups is 1. The Morgan fingerprint density at radius 3 is 2.36 bits per heavy atom. The van der Waals surface area contributed by atoms with Gasteiger partial charge in [0.2, 0.25) is 0 Å². The first kappa shape index (κ1) is 24.1. The number of methoxy groups -OCH3 is 2. The van der Waals surface area contributed by atoms with Crippen molar-refractivity contribution in [2.75, 3.05) is 26.6 Å². The van der Waals surface area contributed by atoms with Gasteiger partial charge in [0, 0.05) is 17.3 Å². The summed E-state index contributed by atoms with van der Waals surface area (Å²) in [6, 6.07) is 9.58. The van der Waals surface area contributed by atoms with Gasteiger partial charge in [-0.3, -0.25) is 0 Å². The third kappa shape index (κ3) is 5.28. The summed E-state index contributed by atoms with van der Waals surface area (Å²) in [5, 5.41) is 5.16. The summed E-state index contributed by atoms with van der Waals surface area (Å²) in [5.41, 5.74) is 1.28. The molecule has 1 heterocycles. The minimum Gasteiger partial charge on any atom is -0.497 e. The number of urea groups is 1. The Bertz CT molecular complexity index is 1190. The number of carbonyl (C=O) groups is 2. The second kappa shape index (κ2) is 9.95. The van der Waals surface area contributed by atoms with E-state index in [1.54, 1.807) is 37.3 Å². The summed E-state index contributed by atoms with van der Waals surface area (Å²) < 4.78 is 42.0. The minimum atomic E-state index is -3.87. The van der Waals surface area contributed by atoms with E-state index in [1.807, 2.05) is 6.92 Å². The van der Waals surface area contributed by atoms with Crippen molar-refractivity contribution in [2.24, 2.45) is 0 Å². The highest BCUT2D eigenvalue weighted by Gasteiger charge is 2.37. The highest BCUT2D eigenvalue weighted by Crippen LogP contribution is 2.36. The van der Waals surface area contributed by atoms with Crippen LogP contribution in [0.25, 0.3) is 0 Å². The number of hydrogen-bond donors (Lipinski definition) is 2. The lowest BCUT2D eigenvalue weighted by Gasteiger charge is -2.30. The first-order chi connectivity index (χ1) is 15.7. The molecule has 1 aliphatic rings. The monoisotopic (exact) mass is 474 g/mol. The van der Waals surface area contributed by atoms with Gasteiger partial charge in [0.25, 0.3) is 0 Å². The Morgan fingerprint density at radius 2 is 1.76 bits per heavy atom. The molecule has 0 radical (unpaired) electrons. The molecule has 1 atom stereocenters. The number of carbonyl (C=O) groups excluding carboxylic acids is 2. The van der Waals surface area contributed by atoms with Crippen molar-refractivity contribution in [2.45, 2.75) is 24.8 Å². The van der Waals surface area contributed by atoms with Gasteiger partial charge >= 0.3 is 12.0 Å². The summed E-state index contributed by atoms with van der Waals surface area (Å²) >= 11 is 0. The third-order valence-corrected chi connectivity index (χ3v) is 6.77. The summed E-state index contributed by atoms with van der Waals surface area (Å²) in [4.78, 5) is 25.5. The summed E-state index contributed by atoms with van der Waals surface area (Å²) in [5.74, 6) is -0.474. The lowest BCUT2D eigenvalue weighted by molar-refractivity contribution is -0.139. The fraction of sp³-hybridized carbons (Fsp3) is 0.304. The quantitative estimate of drug-likeness (QED) is 0.565. The van der Waals surface area contributed by atoms with Crippen LogP contribution in [0.2, 0.25) is 0 Å². The predicted octanol–water partition coefficient (Wildman–Crippen LogP) is 2.66. The van der Waals surface area contributed by atoms with Gasteiger partial charge in [0.05, 0.1) is 43.1 Å². The second-order valence-electron chi connectivity index (χ2n) is 7.32. The van der Waals surface area contributed by atoms with Crippen LogP contribution in [0, 0.1) is 6.92 Å². The topological polar surface area (TPSA) is 120 Å². The maximum atomic E-state index is 13.1. The summed E-state index contributed by atoms with van der Waals surface area (Å²) in [6.45, 7) is 3.55. The highest BCUT2D eigenvalue weighted by molar-refractivity contribution is 7.91. The zero-order valence-electron chi connectivity index (χ0n) is 18.8. The van der Waals surface area contributed by atoms with Gasteiger partial charge in [-0.15, -0.1) is 0 Å². The van der Waals surface area contributed by atoms with E-state index in [0.717, 1.165) is 5.56 Å². The molecule has 0 unspecified atom stereocenters. The van der Waals surface area contributed by atoms with Crippen LogP contribution in [0.15, 0.2) is 58.6 Å². The zero-order chi connectivity index (χ0) is 24.2. The van der Waals surface area contributed by atoms with Crippen LogP contribution in [0.1, 0.15) is 24.1 Å². The molecule has 2 N–H and O–H groups in total. The number of benzene rings is 2. The van der Waals surface area contributed by atoms with Crippen LogP contribution in [0.5, 0.6) is 11.5 Å². The highest BCUT2D eigenvalue weighted by atomic mass is 32.2. The van der Waals surface area contributed by atoms with E-state index in [2.05, 4.69) is 10.6 Å². The van der Waals surface area contributed by atoms with Gasteiger partial charge in [-0.1, -0.05) is 17.7 Å². The molecule has 0 aromatic heterocycles. The van der Waals surface area contributed by atoms with Crippen molar-refractivity contribution in [1.82, 2.24) is 10.6 Å². The summed E-state index contributed by atoms with van der Waals surface area (Å²) in [7, 11) is -0.932. The predicted molar refractivity (Wildman–Crippen MR) is 121 cm³/mol. The van der Waals surface area contributed by atoms with Crippen molar-refractivity contribution >= 4 is 21.8 Å². The van der Waals surface area contributed by atoms with Crippen molar-refractivity contribution < 1.29 is 32.2 Å². The van der Waals surface area contributed by atoms with Crippen LogP contribution in [-0.2, 0) is 19.4 Å². The molecule has 2 amide bonds. The molecular formula is C23H26N2O7S. The Hall–Kier alpha value is -3.53. The SMILES string of the molecule is CCOC(=O)C1=C(CS(=O)(=O)c2ccc(C)cc2)NC(=O)N[C@H]1c1ccc(OC)cc1OC. The van der Waals surface area contributed by atoms with E-state index in [4.69, 9.17) is 14.2 Å². The molecule has 3 rings (SSSR count). The molecule has 0 aliphatic carbocycles. The molecule has 2 aromatic rings. The standard InChI is InChI=1S/C23H26N2O7S/c1-5-32-22(26)20-18(13-33(28,29)16-9-6-14(2)7-10-16)24-23(27)25-21(20)17-11-8-15(30-3)12-19(17)31-4/h6-12,21H,5,13H2,1-4H3,(H2,24,25,27)/t21-/m0/s1. The van der Waals surface area contributed by atoms with E-state index in [-0.39, 0.29) is 22.8 Å². The molecule has 1 aliphatic heterocycles. The number of aryl methyl sites for hydroxylation is 1. The molecule has 0 saturated carbocycles. The first-order valence-electron chi connectivity index (χ1n) is 10.2. The molecular weight excluding hydrogens is 448 g/mol. The molecule has 0 spiro atoms. The lowest BCUT2D eigenvalue weighted by atomic mass is 9.94. The zero-order valence-corrected chi connectivity index (χ0v) is 19.6. The van der Waals surface area contributed by atoms with E-state index >= 15 is 0 Å². The average molecular weight is 475 g/mol. The molecule has 0 saturated heterocycles. The molecule has 2 aromatic carbocycles. The van der Waals surface area contributed by atoms with Gasteiger partial charge < -0.3 is 24.8 Å². The van der Waals surface area contributed by atoms with Crippen LogP contribution in [0.4, 0.5) is 4.79 Å². The summed E-state index contributed by atoms with van der Waals surface area (Å²) in [6.07, 6.45) is 0. The number of amides is 2. The van der Waals surface area contributed by atoms with Gasteiger partial charge in [0.1, 0.15) is 11.5 Å². The Labute approximate surface area is 192 Å². The normalized spacial score (nSPS) is 16.0. The van der Waals surface area contributed by atoms with Crippen molar-refractivity contribution in [1.29, 1.82) is 0 Å². The van der Waals surface area contributed by atoms with Gasteiger partial charge in [-0.2, -0.15) is 0 Å². The van der Waals surface area contributed by atoms with Gasteiger partial charge in [0.15, 0.2) is 9.84 Å². The van der Waals surface area contributed by atoms with Gasteiger partial charge in [-0.05, 0) is 38.1 Å². The van der Waals surface area contributed by atoms with E-state index in [0.29, 0.717) is 17.1 Å². The Morgan fingerprint density at radius 1 is 1.06 bits per heavy atom. The Balaban J connectivity index is 2.14. The molecule has 0 fully saturated rings. The maximum Gasteiger partial charge on any atom is 0.338 e. The molecule has 33 heavy (non-hydrogen) atoms. The van der Waals surface area contributed by atoms with E-state index in [1.165, 1.54) is 26.4 Å². The Kier molecular flexibility index (Phi) is 7.27. The molecule has 176 valence electrons. The third-order valence-electron chi connectivity index (χ3n) is 5.12. The minimum absolute atomic E-state index is 0.0180. The van der Waals surface area contributed by atoms with Crippen molar-refractivity contribution in [3.8, 4) is 11.5 Å². The smallest absolute Gasteiger partial charge is 0.338 e. The first-order valence-corrected chi connectivity index (χ1v) is 11.8. The van der Waals surface area contributed by atoms with Gasteiger partial charge in [-0.25, -0.2) is 18.0 Å². The van der Waals surface area contributed by atoms with Crippen LogP contribution < -0.4 is 20.1 Å². The molecule has 10 heteroatoms. The maximum absolute atomic E-state index is 13.1. The second-order valence-corrected chi connectivity index (χ2v) is 9.31. The number of ether oxygens (including phenoxy) is 3. The van der Waals surface area contributed by atoms with Crippen LogP contribution in [0.3, 0.4) is 0 Å². The number of nitrogens with one attached hydrogen (secondary N) is 2. The number of hydrogen-bond acceptors (Lipinski definition) is 7. The molecule has 0 bridgehead atoms. The number of esters is 1. The van der Waals surface area contributed by atoms with E-state index in [9.17, 15) is 18.0 Å². The molecule has 9 nitrogen and oxygen atoms in total. The van der Waals surface area contributed by atoms with E-state index < -0.39 is 33.6 Å². The van der Waals surface area contributed by atoms with Crippen molar-refractivity contribution in [3.05, 3.63) is 64.9 Å². The average Bonchev–Trinajstić information content (AvgIpc) is 2.78. The fourth-order valence-corrected chi connectivity index (χ4v) is 4.82. The van der Waals surface area contributed by atoms with Crippen LogP contribution in [-0.4, -0.2) is 47.0 Å². The largest absolute Gasteiger partial charge is 0.497 e. The lowest BCUT2D eigenvalue weighted by Crippen LogP contribution is -2.47.